The van der Waals surface area contributed by atoms with E-state index in [9.17, 15) is 4.79 Å². The van der Waals surface area contributed by atoms with Gasteiger partial charge in [-0.25, -0.2) is 0 Å². The van der Waals surface area contributed by atoms with Crippen molar-refractivity contribution in [3.63, 3.8) is 0 Å². The molecule has 1 aliphatic heterocycles. The summed E-state index contributed by atoms with van der Waals surface area (Å²) in [6, 6.07) is 0.532. The molecule has 1 aliphatic rings. The topological polar surface area (TPSA) is 43.8 Å². The number of hydrogen-bond acceptors (Lipinski definition) is 3. The minimum Gasteiger partial charge on any atom is -0.481 e. The van der Waals surface area contributed by atoms with E-state index in [1.165, 1.54) is 0 Å². The van der Waals surface area contributed by atoms with Crippen LogP contribution < -0.4 is 0 Å². The zero-order chi connectivity index (χ0) is 10.7. The molecule has 0 amide bonds. The minimum atomic E-state index is -0.698. The van der Waals surface area contributed by atoms with Crippen molar-refractivity contribution in [2.75, 3.05) is 33.2 Å². The number of carboxylic acids is 1. The molecule has 0 aromatic rings. The Morgan fingerprint density at radius 2 is 2.21 bits per heavy atom. The van der Waals surface area contributed by atoms with Crippen LogP contribution in [0.3, 0.4) is 0 Å². The van der Waals surface area contributed by atoms with Crippen LogP contribution in [0.5, 0.6) is 0 Å². The van der Waals surface area contributed by atoms with Crippen LogP contribution in [0.2, 0.25) is 0 Å². The van der Waals surface area contributed by atoms with Crippen molar-refractivity contribution in [3.8, 4) is 0 Å². The summed E-state index contributed by atoms with van der Waals surface area (Å²) in [5, 5.41) is 8.79. The molecular formula is C10H20N2O2. The van der Waals surface area contributed by atoms with E-state index in [4.69, 9.17) is 5.11 Å². The molecule has 2 unspecified atom stereocenters. The maximum atomic E-state index is 10.7. The van der Waals surface area contributed by atoms with E-state index >= 15 is 0 Å². The van der Waals surface area contributed by atoms with Gasteiger partial charge in [-0.1, -0.05) is 6.92 Å². The summed E-state index contributed by atoms with van der Waals surface area (Å²) in [5.41, 5.74) is 0. The van der Waals surface area contributed by atoms with E-state index in [0.717, 1.165) is 19.6 Å². The summed E-state index contributed by atoms with van der Waals surface area (Å²) in [5.74, 6) is -0.956. The van der Waals surface area contributed by atoms with Crippen molar-refractivity contribution >= 4 is 5.97 Å². The van der Waals surface area contributed by atoms with Gasteiger partial charge in [0, 0.05) is 32.2 Å². The van der Waals surface area contributed by atoms with Gasteiger partial charge in [0.15, 0.2) is 0 Å². The zero-order valence-electron chi connectivity index (χ0n) is 9.23. The summed E-state index contributed by atoms with van der Waals surface area (Å²) in [6.45, 7) is 7.62. The number of rotatable bonds is 3. The third-order valence-electron chi connectivity index (χ3n) is 3.00. The molecule has 0 aromatic heterocycles. The highest BCUT2D eigenvalue weighted by molar-refractivity contribution is 5.69. The van der Waals surface area contributed by atoms with Gasteiger partial charge in [0.1, 0.15) is 0 Å². The van der Waals surface area contributed by atoms with E-state index in [1.54, 1.807) is 6.92 Å². The SMILES string of the molecule is CC(CN1CCN(C)C(C)C1)C(=O)O. The minimum absolute atomic E-state index is 0.259. The van der Waals surface area contributed by atoms with Crippen LogP contribution in [0.15, 0.2) is 0 Å². The largest absolute Gasteiger partial charge is 0.481 e. The van der Waals surface area contributed by atoms with Crippen LogP contribution in [0, 0.1) is 5.92 Å². The Kier molecular flexibility index (Phi) is 3.89. The van der Waals surface area contributed by atoms with Crippen molar-refractivity contribution in [3.05, 3.63) is 0 Å². The van der Waals surface area contributed by atoms with Crippen LogP contribution in [0.4, 0.5) is 0 Å². The van der Waals surface area contributed by atoms with Gasteiger partial charge in [0.25, 0.3) is 0 Å². The van der Waals surface area contributed by atoms with Gasteiger partial charge in [-0.2, -0.15) is 0 Å². The van der Waals surface area contributed by atoms with Crippen molar-refractivity contribution in [1.82, 2.24) is 9.80 Å². The fourth-order valence-corrected chi connectivity index (χ4v) is 1.76. The van der Waals surface area contributed by atoms with E-state index in [0.29, 0.717) is 12.6 Å². The molecule has 1 heterocycles. The quantitative estimate of drug-likeness (QED) is 0.713. The van der Waals surface area contributed by atoms with Crippen LogP contribution >= 0.6 is 0 Å². The molecule has 2 atom stereocenters. The zero-order valence-corrected chi connectivity index (χ0v) is 9.23. The molecule has 0 aliphatic carbocycles. The standard InChI is InChI=1S/C10H20N2O2/c1-8(10(13)14)6-12-5-4-11(3)9(2)7-12/h8-9H,4-7H2,1-3H3,(H,13,14). The second kappa shape index (κ2) is 4.75. The highest BCUT2D eigenvalue weighted by Crippen LogP contribution is 2.09. The molecule has 0 saturated carbocycles. The lowest BCUT2D eigenvalue weighted by atomic mass is 10.1. The number of likely N-dealkylation sites (N-methyl/N-ethyl adjacent to an activating group) is 1. The molecule has 0 aromatic carbocycles. The van der Waals surface area contributed by atoms with Gasteiger partial charge in [-0.05, 0) is 14.0 Å². The van der Waals surface area contributed by atoms with Crippen molar-refractivity contribution in [2.24, 2.45) is 5.92 Å². The molecule has 0 spiro atoms. The lowest BCUT2D eigenvalue weighted by Crippen LogP contribution is -2.51. The monoisotopic (exact) mass is 200 g/mol. The second-order valence-corrected chi connectivity index (χ2v) is 4.33. The van der Waals surface area contributed by atoms with Crippen LogP contribution in [0.25, 0.3) is 0 Å². The van der Waals surface area contributed by atoms with Crippen LogP contribution in [-0.2, 0) is 4.79 Å². The maximum absolute atomic E-state index is 10.7. The first-order chi connectivity index (χ1) is 6.50. The number of carboxylic acid groups (broad SMARTS) is 1. The predicted molar refractivity (Wildman–Crippen MR) is 55.3 cm³/mol. The fraction of sp³-hybridized carbons (Fsp3) is 0.900. The second-order valence-electron chi connectivity index (χ2n) is 4.33. The van der Waals surface area contributed by atoms with Crippen molar-refractivity contribution in [2.45, 2.75) is 19.9 Å². The van der Waals surface area contributed by atoms with Crippen molar-refractivity contribution in [1.29, 1.82) is 0 Å². The molecule has 14 heavy (non-hydrogen) atoms. The Labute approximate surface area is 85.5 Å². The van der Waals surface area contributed by atoms with Crippen LogP contribution in [0.1, 0.15) is 13.8 Å². The molecular weight excluding hydrogens is 180 g/mol. The van der Waals surface area contributed by atoms with E-state index < -0.39 is 5.97 Å². The fourth-order valence-electron chi connectivity index (χ4n) is 1.76. The number of hydrogen-bond donors (Lipinski definition) is 1. The summed E-state index contributed by atoms with van der Waals surface area (Å²) in [7, 11) is 2.11. The molecule has 0 radical (unpaired) electrons. The first-order valence-corrected chi connectivity index (χ1v) is 5.16. The van der Waals surface area contributed by atoms with Gasteiger partial charge in [0.05, 0.1) is 5.92 Å². The van der Waals surface area contributed by atoms with Gasteiger partial charge in [-0.3, -0.25) is 9.69 Å². The van der Waals surface area contributed by atoms with Crippen LogP contribution in [-0.4, -0.2) is 60.1 Å². The Hall–Kier alpha value is -0.610. The summed E-state index contributed by atoms with van der Waals surface area (Å²) >= 11 is 0. The maximum Gasteiger partial charge on any atom is 0.307 e. The molecule has 4 nitrogen and oxygen atoms in total. The lowest BCUT2D eigenvalue weighted by molar-refractivity contribution is -0.142. The first-order valence-electron chi connectivity index (χ1n) is 5.16. The molecule has 1 saturated heterocycles. The number of carbonyl (C=O) groups is 1. The van der Waals surface area contributed by atoms with E-state index in [-0.39, 0.29) is 5.92 Å². The Morgan fingerprint density at radius 3 is 2.71 bits per heavy atom. The summed E-state index contributed by atoms with van der Waals surface area (Å²) in [4.78, 5) is 15.2. The number of aliphatic carboxylic acids is 1. The summed E-state index contributed by atoms with van der Waals surface area (Å²) < 4.78 is 0. The van der Waals surface area contributed by atoms with Gasteiger partial charge >= 0.3 is 5.97 Å². The normalized spacial score (nSPS) is 27.5. The molecule has 1 N–H and O–H groups in total. The lowest BCUT2D eigenvalue weighted by Gasteiger charge is -2.38. The van der Waals surface area contributed by atoms with Gasteiger partial charge < -0.3 is 10.0 Å². The van der Waals surface area contributed by atoms with Gasteiger partial charge in [0.2, 0.25) is 0 Å². The summed E-state index contributed by atoms with van der Waals surface area (Å²) in [6.07, 6.45) is 0. The number of piperazine rings is 1. The highest BCUT2D eigenvalue weighted by atomic mass is 16.4. The third-order valence-corrected chi connectivity index (χ3v) is 3.00. The van der Waals surface area contributed by atoms with E-state index in [1.807, 2.05) is 0 Å². The smallest absolute Gasteiger partial charge is 0.307 e. The molecule has 1 fully saturated rings. The average molecular weight is 200 g/mol. The first kappa shape index (κ1) is 11.5. The van der Waals surface area contributed by atoms with Crippen molar-refractivity contribution < 1.29 is 9.90 Å². The molecule has 4 heteroatoms. The molecule has 1 rings (SSSR count). The Bertz CT molecular complexity index is 208. The Balaban J connectivity index is 2.36. The predicted octanol–water partition coefficient (Wildman–Crippen LogP) is 0.343. The highest BCUT2D eigenvalue weighted by Gasteiger charge is 2.23. The molecule has 82 valence electrons. The van der Waals surface area contributed by atoms with Gasteiger partial charge in [-0.15, -0.1) is 0 Å². The third kappa shape index (κ3) is 2.96. The molecule has 0 bridgehead atoms. The van der Waals surface area contributed by atoms with E-state index in [2.05, 4.69) is 23.8 Å². The number of nitrogens with zero attached hydrogens (tertiary/aromatic N) is 2. The average Bonchev–Trinajstić information content (AvgIpc) is 2.11. The Morgan fingerprint density at radius 1 is 1.57 bits per heavy atom.